The van der Waals surface area contributed by atoms with Gasteiger partial charge in [0, 0.05) is 19.6 Å². The monoisotopic (exact) mass is 452 g/mol. The summed E-state index contributed by atoms with van der Waals surface area (Å²) in [4.78, 5) is 24.3. The van der Waals surface area contributed by atoms with E-state index in [-0.39, 0.29) is 0 Å². The standard InChI is InChI=1S/C18H26N2O3.C3H8.3C2H6/c1-18(2,3)23-17(22)19-12-14-5-4-6-16(11-14)15-7-9-20(13-21)10-8-15;1-3-2;3*1-2/h4-6,11,13,15H,7-10,12H2,1-3H3,(H,19,22);3H2,1-2H3;3*1-2H3. The number of rotatable bonds is 4. The second-order valence-corrected chi connectivity index (χ2v) is 7.72. The number of carbonyl (C=O) groups is 2. The zero-order valence-electron chi connectivity index (χ0n) is 22.9. The maximum Gasteiger partial charge on any atom is 0.407 e. The Kier molecular flexibility index (Phi) is 23.9. The van der Waals surface area contributed by atoms with Crippen LogP contribution >= 0.6 is 0 Å². The average Bonchev–Trinajstić information content (AvgIpc) is 2.81. The summed E-state index contributed by atoms with van der Waals surface area (Å²) in [5.74, 6) is 0.479. The van der Waals surface area contributed by atoms with Gasteiger partial charge in [-0.15, -0.1) is 0 Å². The van der Waals surface area contributed by atoms with Gasteiger partial charge in [-0.25, -0.2) is 4.79 Å². The molecule has 1 aromatic rings. The SMILES string of the molecule is CC.CC.CC.CC(C)(C)OC(=O)NCc1cccc(C2CCN(C=O)CC2)c1.CCC. The highest BCUT2D eigenvalue weighted by atomic mass is 16.6. The molecule has 32 heavy (non-hydrogen) atoms. The van der Waals surface area contributed by atoms with Gasteiger partial charge in [0.15, 0.2) is 0 Å². The Bertz CT molecular complexity index is 560. The van der Waals surface area contributed by atoms with Crippen LogP contribution in [-0.2, 0) is 16.1 Å². The van der Waals surface area contributed by atoms with Crippen molar-refractivity contribution in [1.29, 1.82) is 0 Å². The minimum absolute atomic E-state index is 0.401. The Morgan fingerprint density at radius 3 is 2.00 bits per heavy atom. The molecule has 188 valence electrons. The van der Waals surface area contributed by atoms with Crippen LogP contribution in [0.25, 0.3) is 0 Å². The maximum absolute atomic E-state index is 11.7. The molecule has 1 heterocycles. The normalized spacial score (nSPS) is 12.7. The van der Waals surface area contributed by atoms with Gasteiger partial charge in [-0.1, -0.05) is 86.1 Å². The van der Waals surface area contributed by atoms with Crippen molar-refractivity contribution in [3.8, 4) is 0 Å². The Labute approximate surface area is 199 Å². The van der Waals surface area contributed by atoms with Crippen LogP contribution in [0.2, 0.25) is 0 Å². The zero-order chi connectivity index (χ0) is 25.6. The molecule has 1 aliphatic rings. The van der Waals surface area contributed by atoms with E-state index in [0.717, 1.165) is 37.9 Å². The van der Waals surface area contributed by atoms with Gasteiger partial charge in [0.25, 0.3) is 0 Å². The number of hydrogen-bond acceptors (Lipinski definition) is 3. The predicted octanol–water partition coefficient (Wildman–Crippen LogP) is 7.54. The first-order valence-corrected chi connectivity index (χ1v) is 12.5. The summed E-state index contributed by atoms with van der Waals surface area (Å²) in [7, 11) is 0. The minimum Gasteiger partial charge on any atom is -0.444 e. The summed E-state index contributed by atoms with van der Waals surface area (Å²) in [5.41, 5.74) is 1.85. The lowest BCUT2D eigenvalue weighted by atomic mass is 9.89. The molecular formula is C27H52N2O3. The number of likely N-dealkylation sites (tertiary alicyclic amines) is 1. The van der Waals surface area contributed by atoms with E-state index in [0.29, 0.717) is 12.5 Å². The number of nitrogens with zero attached hydrogens (tertiary/aromatic N) is 1. The van der Waals surface area contributed by atoms with Crippen LogP contribution < -0.4 is 5.32 Å². The molecule has 0 unspecified atom stereocenters. The molecule has 0 spiro atoms. The van der Waals surface area contributed by atoms with Crippen LogP contribution in [0, 0.1) is 0 Å². The van der Waals surface area contributed by atoms with E-state index in [2.05, 4.69) is 31.3 Å². The Morgan fingerprint density at radius 1 is 1.06 bits per heavy atom. The summed E-state index contributed by atoms with van der Waals surface area (Å²) in [6.07, 6.45) is 3.75. The first-order valence-electron chi connectivity index (χ1n) is 12.5. The van der Waals surface area contributed by atoms with Gasteiger partial charge in [0.05, 0.1) is 0 Å². The third-order valence-corrected chi connectivity index (χ3v) is 3.94. The number of piperidine rings is 1. The van der Waals surface area contributed by atoms with E-state index in [1.807, 2.05) is 79.3 Å². The molecule has 5 heteroatoms. The molecule has 1 aromatic carbocycles. The van der Waals surface area contributed by atoms with E-state index >= 15 is 0 Å². The van der Waals surface area contributed by atoms with E-state index in [1.54, 1.807) is 0 Å². The maximum atomic E-state index is 11.7. The van der Waals surface area contributed by atoms with Crippen molar-refractivity contribution in [2.45, 2.75) is 113 Å². The van der Waals surface area contributed by atoms with Crippen LogP contribution in [0.4, 0.5) is 4.79 Å². The fourth-order valence-corrected chi connectivity index (χ4v) is 2.78. The third-order valence-electron chi connectivity index (χ3n) is 3.94. The average molecular weight is 453 g/mol. The highest BCUT2D eigenvalue weighted by molar-refractivity contribution is 5.67. The van der Waals surface area contributed by atoms with Crippen molar-refractivity contribution in [3.05, 3.63) is 35.4 Å². The number of carbonyl (C=O) groups excluding carboxylic acids is 2. The summed E-state index contributed by atoms with van der Waals surface area (Å²) in [6.45, 7) is 23.9. The van der Waals surface area contributed by atoms with E-state index < -0.39 is 11.7 Å². The fourth-order valence-electron chi connectivity index (χ4n) is 2.78. The van der Waals surface area contributed by atoms with Gasteiger partial charge in [0.2, 0.25) is 6.41 Å². The lowest BCUT2D eigenvalue weighted by molar-refractivity contribution is -0.119. The van der Waals surface area contributed by atoms with Gasteiger partial charge in [-0.05, 0) is 50.7 Å². The van der Waals surface area contributed by atoms with Crippen molar-refractivity contribution in [3.63, 3.8) is 0 Å². The molecule has 1 aliphatic heterocycles. The van der Waals surface area contributed by atoms with Gasteiger partial charge in [0.1, 0.15) is 5.60 Å². The summed E-state index contributed by atoms with van der Waals surface area (Å²) >= 11 is 0. The summed E-state index contributed by atoms with van der Waals surface area (Å²) in [6, 6.07) is 8.28. The lowest BCUT2D eigenvalue weighted by Crippen LogP contribution is -2.32. The van der Waals surface area contributed by atoms with Crippen LogP contribution in [0.3, 0.4) is 0 Å². The number of hydrogen-bond donors (Lipinski definition) is 1. The predicted molar refractivity (Wildman–Crippen MR) is 139 cm³/mol. The van der Waals surface area contributed by atoms with E-state index in [1.165, 1.54) is 12.0 Å². The molecule has 1 N–H and O–H groups in total. The van der Waals surface area contributed by atoms with Crippen molar-refractivity contribution >= 4 is 12.5 Å². The molecule has 0 aromatic heterocycles. The fraction of sp³-hybridized carbons (Fsp3) is 0.704. The molecule has 1 fully saturated rings. The van der Waals surface area contributed by atoms with Gasteiger partial charge >= 0.3 is 6.09 Å². The molecule has 2 rings (SSSR count). The second-order valence-electron chi connectivity index (χ2n) is 7.72. The molecule has 2 amide bonds. The number of benzene rings is 1. The van der Waals surface area contributed by atoms with E-state index in [4.69, 9.17) is 4.74 Å². The Morgan fingerprint density at radius 2 is 1.56 bits per heavy atom. The Balaban J connectivity index is -0.000000822. The highest BCUT2D eigenvalue weighted by Crippen LogP contribution is 2.28. The quantitative estimate of drug-likeness (QED) is 0.480. The number of ether oxygens (including phenoxy) is 1. The van der Waals surface area contributed by atoms with Gasteiger partial charge in [-0.3, -0.25) is 4.79 Å². The van der Waals surface area contributed by atoms with Gasteiger partial charge < -0.3 is 15.0 Å². The summed E-state index contributed by atoms with van der Waals surface area (Å²) in [5, 5.41) is 2.79. The van der Waals surface area contributed by atoms with Crippen LogP contribution in [0.15, 0.2) is 24.3 Å². The zero-order valence-corrected chi connectivity index (χ0v) is 22.9. The molecule has 0 atom stereocenters. The van der Waals surface area contributed by atoms with E-state index in [9.17, 15) is 9.59 Å². The lowest BCUT2D eigenvalue weighted by Gasteiger charge is -2.29. The molecule has 0 aliphatic carbocycles. The van der Waals surface area contributed by atoms with Crippen LogP contribution in [0.1, 0.15) is 112 Å². The molecule has 0 saturated carbocycles. The van der Waals surface area contributed by atoms with Crippen molar-refractivity contribution in [1.82, 2.24) is 10.2 Å². The highest BCUT2D eigenvalue weighted by Gasteiger charge is 2.20. The van der Waals surface area contributed by atoms with Crippen LogP contribution in [0.5, 0.6) is 0 Å². The molecule has 5 nitrogen and oxygen atoms in total. The van der Waals surface area contributed by atoms with Crippen molar-refractivity contribution in [2.75, 3.05) is 13.1 Å². The number of nitrogens with one attached hydrogen (secondary N) is 1. The first kappa shape index (κ1) is 34.6. The third kappa shape index (κ3) is 17.6. The molecule has 1 saturated heterocycles. The molecule has 0 radical (unpaired) electrons. The Hall–Kier alpha value is -2.04. The first-order chi connectivity index (χ1) is 15.3. The molecular weight excluding hydrogens is 400 g/mol. The largest absolute Gasteiger partial charge is 0.444 e. The van der Waals surface area contributed by atoms with Crippen LogP contribution in [-0.4, -0.2) is 36.1 Å². The summed E-state index contributed by atoms with van der Waals surface area (Å²) < 4.78 is 5.24. The number of alkyl carbamates (subject to hydrolysis) is 1. The van der Waals surface area contributed by atoms with Crippen molar-refractivity contribution < 1.29 is 14.3 Å². The number of amides is 2. The second kappa shape index (κ2) is 22.2. The molecule has 0 bridgehead atoms. The minimum atomic E-state index is -0.488. The smallest absolute Gasteiger partial charge is 0.407 e. The topological polar surface area (TPSA) is 58.6 Å². The van der Waals surface area contributed by atoms with Gasteiger partial charge in [-0.2, -0.15) is 0 Å². The van der Waals surface area contributed by atoms with Crippen molar-refractivity contribution in [2.24, 2.45) is 0 Å².